The molecule has 0 aliphatic heterocycles. The lowest BCUT2D eigenvalue weighted by atomic mass is 10.1. The fraction of sp³-hybridized carbons (Fsp3) is 0.222. The van der Waals surface area contributed by atoms with E-state index in [0.717, 1.165) is 11.1 Å². The van der Waals surface area contributed by atoms with Gasteiger partial charge in [0.25, 0.3) is 0 Å². The molecule has 0 spiro atoms. The lowest BCUT2D eigenvalue weighted by Gasteiger charge is -2.10. The van der Waals surface area contributed by atoms with Gasteiger partial charge in [0, 0.05) is 12.8 Å². The molecule has 0 aliphatic carbocycles. The molecule has 126 valence electrons. The van der Waals surface area contributed by atoms with Crippen LogP contribution in [-0.2, 0) is 27.4 Å². The minimum absolute atomic E-state index is 0.161. The molecular formula is C18H19NO5. The molecule has 6 heteroatoms. The van der Waals surface area contributed by atoms with Crippen molar-refractivity contribution in [3.05, 3.63) is 65.2 Å². The van der Waals surface area contributed by atoms with Crippen LogP contribution in [0.5, 0.6) is 0 Å². The van der Waals surface area contributed by atoms with Gasteiger partial charge in [0.1, 0.15) is 6.61 Å². The zero-order valence-corrected chi connectivity index (χ0v) is 13.6. The van der Waals surface area contributed by atoms with Gasteiger partial charge >= 0.3 is 12.1 Å². The molecule has 0 saturated heterocycles. The highest BCUT2D eigenvalue weighted by atomic mass is 16.5. The lowest BCUT2D eigenvalue weighted by molar-refractivity contribution is 0.0600. The first kappa shape index (κ1) is 17.5. The van der Waals surface area contributed by atoms with Gasteiger partial charge in [-0.15, -0.1) is 0 Å². The number of benzene rings is 2. The van der Waals surface area contributed by atoms with Crippen LogP contribution in [0.25, 0.3) is 0 Å². The highest BCUT2D eigenvalue weighted by Gasteiger charge is 2.11. The summed E-state index contributed by atoms with van der Waals surface area (Å²) in [5.74, 6) is -0.492. The average Bonchev–Trinajstić information content (AvgIpc) is 2.60. The van der Waals surface area contributed by atoms with Crippen LogP contribution in [0, 0.1) is 0 Å². The fourth-order valence-electron chi connectivity index (χ4n) is 2.13. The first-order valence-corrected chi connectivity index (χ1v) is 7.31. The Hall–Kier alpha value is -2.86. The van der Waals surface area contributed by atoms with E-state index in [1.165, 1.54) is 13.2 Å². The quantitative estimate of drug-likeness (QED) is 0.823. The molecule has 2 rings (SSSR count). The molecule has 0 unspecified atom stereocenters. The van der Waals surface area contributed by atoms with Crippen molar-refractivity contribution in [1.82, 2.24) is 0 Å². The van der Waals surface area contributed by atoms with E-state index in [-0.39, 0.29) is 6.61 Å². The van der Waals surface area contributed by atoms with Crippen molar-refractivity contribution in [2.75, 3.05) is 19.5 Å². The number of carbonyl (C=O) groups is 2. The molecule has 0 heterocycles. The monoisotopic (exact) mass is 329 g/mol. The number of anilines is 1. The van der Waals surface area contributed by atoms with Crippen LogP contribution in [0.3, 0.4) is 0 Å². The van der Waals surface area contributed by atoms with E-state index in [1.54, 1.807) is 19.2 Å². The number of amides is 1. The molecule has 1 N–H and O–H groups in total. The number of rotatable bonds is 6. The summed E-state index contributed by atoms with van der Waals surface area (Å²) in [5, 5.41) is 2.61. The highest BCUT2D eigenvalue weighted by molar-refractivity contribution is 5.92. The lowest BCUT2D eigenvalue weighted by Crippen LogP contribution is -2.14. The second-order valence-corrected chi connectivity index (χ2v) is 5.03. The van der Waals surface area contributed by atoms with Gasteiger partial charge < -0.3 is 14.2 Å². The van der Waals surface area contributed by atoms with Crippen LogP contribution in [0.1, 0.15) is 21.5 Å². The van der Waals surface area contributed by atoms with E-state index in [1.807, 2.05) is 30.3 Å². The summed E-state index contributed by atoms with van der Waals surface area (Å²) < 4.78 is 14.9. The summed E-state index contributed by atoms with van der Waals surface area (Å²) >= 11 is 0. The van der Waals surface area contributed by atoms with E-state index >= 15 is 0 Å². The molecule has 0 aliphatic rings. The number of ether oxygens (including phenoxy) is 3. The molecule has 0 bridgehead atoms. The smallest absolute Gasteiger partial charge is 0.411 e. The Kier molecular flexibility index (Phi) is 6.33. The largest absolute Gasteiger partial charge is 0.465 e. The Bertz CT molecular complexity index is 700. The van der Waals surface area contributed by atoms with Gasteiger partial charge in [-0.1, -0.05) is 30.3 Å². The molecule has 2 aromatic rings. The maximum Gasteiger partial charge on any atom is 0.411 e. The summed E-state index contributed by atoms with van der Waals surface area (Å²) in [6.07, 6.45) is -0.607. The fourth-order valence-corrected chi connectivity index (χ4v) is 2.13. The first-order chi connectivity index (χ1) is 11.6. The van der Waals surface area contributed by atoms with E-state index in [2.05, 4.69) is 5.32 Å². The number of carbonyl (C=O) groups excluding carboxylic acids is 2. The number of hydrogen-bond donors (Lipinski definition) is 1. The number of hydrogen-bond acceptors (Lipinski definition) is 5. The number of esters is 1. The SMILES string of the molecule is COCc1cc(NC(=O)OCc2ccccc2)cc(C(=O)OC)c1. The van der Waals surface area contributed by atoms with Gasteiger partial charge in [-0.05, 0) is 29.3 Å². The average molecular weight is 329 g/mol. The third-order valence-electron chi connectivity index (χ3n) is 3.18. The summed E-state index contributed by atoms with van der Waals surface area (Å²) in [7, 11) is 2.85. The van der Waals surface area contributed by atoms with Crippen molar-refractivity contribution in [3.63, 3.8) is 0 Å². The molecule has 24 heavy (non-hydrogen) atoms. The normalized spacial score (nSPS) is 10.1. The maximum absolute atomic E-state index is 11.9. The highest BCUT2D eigenvalue weighted by Crippen LogP contribution is 2.17. The van der Waals surface area contributed by atoms with E-state index in [9.17, 15) is 9.59 Å². The van der Waals surface area contributed by atoms with Gasteiger partial charge in [0.15, 0.2) is 0 Å². The molecule has 1 amide bonds. The van der Waals surface area contributed by atoms with E-state index < -0.39 is 12.1 Å². The number of nitrogens with one attached hydrogen (secondary N) is 1. The van der Waals surface area contributed by atoms with E-state index in [0.29, 0.717) is 17.9 Å². The molecule has 0 radical (unpaired) electrons. The molecule has 0 atom stereocenters. The van der Waals surface area contributed by atoms with Gasteiger partial charge in [-0.25, -0.2) is 9.59 Å². The maximum atomic E-state index is 11.9. The molecule has 0 saturated carbocycles. The zero-order valence-electron chi connectivity index (χ0n) is 13.6. The van der Waals surface area contributed by atoms with Crippen molar-refractivity contribution in [2.45, 2.75) is 13.2 Å². The van der Waals surface area contributed by atoms with Crippen molar-refractivity contribution >= 4 is 17.7 Å². The Morgan fingerprint density at radius 1 is 0.958 bits per heavy atom. The second kappa shape index (κ2) is 8.69. The third kappa shape index (κ3) is 5.10. The van der Waals surface area contributed by atoms with Crippen molar-refractivity contribution in [3.8, 4) is 0 Å². The Labute approximate surface area is 140 Å². The predicted octanol–water partition coefficient (Wildman–Crippen LogP) is 3.37. The first-order valence-electron chi connectivity index (χ1n) is 7.31. The molecule has 6 nitrogen and oxygen atoms in total. The van der Waals surface area contributed by atoms with Crippen molar-refractivity contribution in [2.24, 2.45) is 0 Å². The van der Waals surface area contributed by atoms with Crippen LogP contribution >= 0.6 is 0 Å². The summed E-state index contributed by atoms with van der Waals surface area (Å²) in [4.78, 5) is 23.6. The minimum Gasteiger partial charge on any atom is -0.465 e. The van der Waals surface area contributed by atoms with Gasteiger partial charge in [0.2, 0.25) is 0 Å². The van der Waals surface area contributed by atoms with Crippen LogP contribution in [0.15, 0.2) is 48.5 Å². The van der Waals surface area contributed by atoms with Crippen molar-refractivity contribution in [1.29, 1.82) is 0 Å². The van der Waals surface area contributed by atoms with Gasteiger partial charge in [-0.2, -0.15) is 0 Å². The number of methoxy groups -OCH3 is 2. The minimum atomic E-state index is -0.607. The molecular weight excluding hydrogens is 310 g/mol. The van der Waals surface area contributed by atoms with Crippen LogP contribution in [-0.4, -0.2) is 26.3 Å². The second-order valence-electron chi connectivity index (χ2n) is 5.03. The molecule has 2 aromatic carbocycles. The standard InChI is InChI=1S/C18H19NO5/c1-22-11-14-8-15(17(20)23-2)10-16(9-14)19-18(21)24-12-13-6-4-3-5-7-13/h3-10H,11-12H2,1-2H3,(H,19,21). The van der Waals surface area contributed by atoms with Gasteiger partial charge in [0.05, 0.1) is 19.3 Å². The topological polar surface area (TPSA) is 73.9 Å². The zero-order chi connectivity index (χ0) is 17.4. The van der Waals surface area contributed by atoms with Crippen molar-refractivity contribution < 1.29 is 23.8 Å². The van der Waals surface area contributed by atoms with Gasteiger partial charge in [-0.3, -0.25) is 5.32 Å². The van der Waals surface area contributed by atoms with Crippen LogP contribution in [0.2, 0.25) is 0 Å². The predicted molar refractivity (Wildman–Crippen MR) is 88.7 cm³/mol. The molecule has 0 aromatic heterocycles. The van der Waals surface area contributed by atoms with E-state index in [4.69, 9.17) is 14.2 Å². The Balaban J connectivity index is 2.05. The van der Waals surface area contributed by atoms with Crippen LogP contribution < -0.4 is 5.32 Å². The third-order valence-corrected chi connectivity index (χ3v) is 3.18. The summed E-state index contributed by atoms with van der Waals surface area (Å²) in [6, 6.07) is 14.2. The molecule has 0 fully saturated rings. The van der Waals surface area contributed by atoms with Crippen LogP contribution in [0.4, 0.5) is 10.5 Å². The Morgan fingerprint density at radius 2 is 1.71 bits per heavy atom. The summed E-state index contributed by atoms with van der Waals surface area (Å²) in [6.45, 7) is 0.465. The summed E-state index contributed by atoms with van der Waals surface area (Å²) in [5.41, 5.74) is 2.38. The Morgan fingerprint density at radius 3 is 2.38 bits per heavy atom.